The lowest BCUT2D eigenvalue weighted by atomic mass is 9.89. The van der Waals surface area contributed by atoms with Gasteiger partial charge in [0.15, 0.2) is 0 Å². The zero-order valence-corrected chi connectivity index (χ0v) is 12.4. The fourth-order valence-corrected chi connectivity index (χ4v) is 1.86. The van der Waals surface area contributed by atoms with Gasteiger partial charge in [0.05, 0.1) is 11.6 Å². The van der Waals surface area contributed by atoms with Crippen LogP contribution in [0.25, 0.3) is 0 Å². The van der Waals surface area contributed by atoms with E-state index in [1.54, 1.807) is 7.11 Å². The SMILES string of the molecule is COCCC(C)(C)CNC(C)c1ccc(C#N)cc1. The normalized spacial score (nSPS) is 13.0. The van der Waals surface area contributed by atoms with Gasteiger partial charge in [0.1, 0.15) is 0 Å². The average Bonchev–Trinajstić information content (AvgIpc) is 2.43. The molecule has 1 unspecified atom stereocenters. The van der Waals surface area contributed by atoms with Crippen LogP contribution in [-0.4, -0.2) is 20.3 Å². The fourth-order valence-electron chi connectivity index (χ4n) is 1.86. The van der Waals surface area contributed by atoms with Crippen molar-refractivity contribution in [3.05, 3.63) is 35.4 Å². The van der Waals surface area contributed by atoms with Crippen LogP contribution in [0.2, 0.25) is 0 Å². The van der Waals surface area contributed by atoms with Gasteiger partial charge in [0.2, 0.25) is 0 Å². The predicted molar refractivity (Wildman–Crippen MR) is 77.8 cm³/mol. The molecule has 0 aromatic heterocycles. The Kier molecular flexibility index (Phi) is 6.01. The van der Waals surface area contributed by atoms with Crippen LogP contribution in [0.5, 0.6) is 0 Å². The monoisotopic (exact) mass is 260 g/mol. The van der Waals surface area contributed by atoms with Gasteiger partial charge >= 0.3 is 0 Å². The first-order valence-electron chi connectivity index (χ1n) is 6.71. The lowest BCUT2D eigenvalue weighted by Crippen LogP contribution is -2.32. The van der Waals surface area contributed by atoms with E-state index in [2.05, 4.69) is 32.2 Å². The Morgan fingerprint density at radius 3 is 2.47 bits per heavy atom. The van der Waals surface area contributed by atoms with Crippen molar-refractivity contribution in [3.63, 3.8) is 0 Å². The third kappa shape index (κ3) is 5.42. The van der Waals surface area contributed by atoms with Gasteiger partial charge < -0.3 is 10.1 Å². The number of benzene rings is 1. The minimum atomic E-state index is 0.219. The van der Waals surface area contributed by atoms with Crippen molar-refractivity contribution in [2.24, 2.45) is 5.41 Å². The maximum atomic E-state index is 8.78. The van der Waals surface area contributed by atoms with Gasteiger partial charge in [-0.1, -0.05) is 26.0 Å². The van der Waals surface area contributed by atoms with E-state index in [0.29, 0.717) is 5.56 Å². The van der Waals surface area contributed by atoms with E-state index >= 15 is 0 Å². The summed E-state index contributed by atoms with van der Waals surface area (Å²) in [5, 5.41) is 12.3. The second kappa shape index (κ2) is 7.28. The van der Waals surface area contributed by atoms with Crippen molar-refractivity contribution >= 4 is 0 Å². The summed E-state index contributed by atoms with van der Waals surface area (Å²) in [5.41, 5.74) is 2.13. The van der Waals surface area contributed by atoms with E-state index in [9.17, 15) is 0 Å². The Morgan fingerprint density at radius 2 is 1.95 bits per heavy atom. The molecule has 1 atom stereocenters. The van der Waals surface area contributed by atoms with E-state index in [4.69, 9.17) is 10.00 Å². The summed E-state index contributed by atoms with van der Waals surface area (Å²) < 4.78 is 5.14. The molecule has 1 rings (SSSR count). The molecule has 19 heavy (non-hydrogen) atoms. The summed E-state index contributed by atoms with van der Waals surface area (Å²) in [4.78, 5) is 0. The maximum absolute atomic E-state index is 8.78. The molecule has 0 saturated carbocycles. The summed E-state index contributed by atoms with van der Waals surface area (Å²) in [6, 6.07) is 10.2. The van der Waals surface area contributed by atoms with E-state index in [-0.39, 0.29) is 11.5 Å². The molecule has 0 fully saturated rings. The number of methoxy groups -OCH3 is 1. The van der Waals surface area contributed by atoms with E-state index in [0.717, 1.165) is 19.6 Å². The zero-order chi connectivity index (χ0) is 14.3. The topological polar surface area (TPSA) is 45.0 Å². The molecular formula is C16H24N2O. The Morgan fingerprint density at radius 1 is 1.32 bits per heavy atom. The smallest absolute Gasteiger partial charge is 0.0991 e. The van der Waals surface area contributed by atoms with Gasteiger partial charge in [-0.15, -0.1) is 0 Å². The molecule has 1 aromatic rings. The standard InChI is InChI=1S/C16H24N2O/c1-13(15-7-5-14(11-17)6-8-15)18-12-16(2,3)9-10-19-4/h5-8,13,18H,9-10,12H2,1-4H3. The van der Waals surface area contributed by atoms with Gasteiger partial charge in [-0.25, -0.2) is 0 Å². The summed E-state index contributed by atoms with van der Waals surface area (Å²) in [5.74, 6) is 0. The first kappa shape index (κ1) is 15.7. The maximum Gasteiger partial charge on any atom is 0.0991 e. The van der Waals surface area contributed by atoms with Gasteiger partial charge in [-0.2, -0.15) is 5.26 Å². The van der Waals surface area contributed by atoms with Crippen molar-refractivity contribution in [3.8, 4) is 6.07 Å². The van der Waals surface area contributed by atoms with Crippen molar-refractivity contribution < 1.29 is 4.74 Å². The quantitative estimate of drug-likeness (QED) is 0.818. The Bertz CT molecular complexity index is 417. The molecule has 0 bridgehead atoms. The van der Waals surface area contributed by atoms with Crippen LogP contribution in [0.15, 0.2) is 24.3 Å². The van der Waals surface area contributed by atoms with Gasteiger partial charge in [0, 0.05) is 26.3 Å². The molecule has 0 heterocycles. The van der Waals surface area contributed by atoms with Crippen molar-refractivity contribution in [1.82, 2.24) is 5.32 Å². The highest BCUT2D eigenvalue weighted by Crippen LogP contribution is 2.21. The first-order chi connectivity index (χ1) is 8.98. The van der Waals surface area contributed by atoms with Gasteiger partial charge in [0.25, 0.3) is 0 Å². The first-order valence-corrected chi connectivity index (χ1v) is 6.71. The van der Waals surface area contributed by atoms with Crippen LogP contribution in [0, 0.1) is 16.7 Å². The lowest BCUT2D eigenvalue weighted by molar-refractivity contribution is 0.149. The molecule has 0 spiro atoms. The number of ether oxygens (including phenoxy) is 1. The second-order valence-corrected chi connectivity index (χ2v) is 5.74. The number of nitrogens with zero attached hydrogens (tertiary/aromatic N) is 1. The molecule has 0 radical (unpaired) electrons. The zero-order valence-electron chi connectivity index (χ0n) is 12.4. The minimum absolute atomic E-state index is 0.219. The number of nitriles is 1. The molecule has 0 aliphatic rings. The van der Waals surface area contributed by atoms with Crippen LogP contribution in [-0.2, 0) is 4.74 Å². The third-order valence-corrected chi connectivity index (χ3v) is 3.41. The summed E-state index contributed by atoms with van der Waals surface area (Å²) in [6.07, 6.45) is 1.04. The molecule has 1 aromatic carbocycles. The highest BCUT2D eigenvalue weighted by Gasteiger charge is 2.18. The van der Waals surface area contributed by atoms with Crippen molar-refractivity contribution in [2.75, 3.05) is 20.3 Å². The second-order valence-electron chi connectivity index (χ2n) is 5.74. The molecule has 1 N–H and O–H groups in total. The summed E-state index contributed by atoms with van der Waals surface area (Å²) >= 11 is 0. The molecule has 0 aliphatic heterocycles. The lowest BCUT2D eigenvalue weighted by Gasteiger charge is -2.27. The molecule has 0 saturated heterocycles. The van der Waals surface area contributed by atoms with Crippen LogP contribution < -0.4 is 5.32 Å². The highest BCUT2D eigenvalue weighted by molar-refractivity contribution is 5.32. The third-order valence-electron chi connectivity index (χ3n) is 3.41. The molecule has 3 heteroatoms. The number of hydrogen-bond donors (Lipinski definition) is 1. The van der Waals surface area contributed by atoms with E-state index in [1.165, 1.54) is 5.56 Å². The molecule has 3 nitrogen and oxygen atoms in total. The van der Waals surface area contributed by atoms with Gasteiger partial charge in [-0.05, 0) is 36.5 Å². The molecule has 0 amide bonds. The van der Waals surface area contributed by atoms with Crippen molar-refractivity contribution in [2.45, 2.75) is 33.2 Å². The van der Waals surface area contributed by atoms with E-state index in [1.807, 2.05) is 24.3 Å². The Balaban J connectivity index is 2.50. The summed E-state index contributed by atoms with van der Waals surface area (Å²) in [6.45, 7) is 8.36. The highest BCUT2D eigenvalue weighted by atomic mass is 16.5. The molecular weight excluding hydrogens is 236 g/mol. The van der Waals surface area contributed by atoms with Crippen LogP contribution in [0.3, 0.4) is 0 Å². The minimum Gasteiger partial charge on any atom is -0.385 e. The Labute approximate surface area is 116 Å². The number of nitrogens with one attached hydrogen (secondary N) is 1. The average molecular weight is 260 g/mol. The largest absolute Gasteiger partial charge is 0.385 e. The molecule has 0 aliphatic carbocycles. The number of rotatable bonds is 7. The van der Waals surface area contributed by atoms with Crippen LogP contribution in [0.1, 0.15) is 44.4 Å². The van der Waals surface area contributed by atoms with Crippen LogP contribution >= 0.6 is 0 Å². The van der Waals surface area contributed by atoms with Crippen LogP contribution in [0.4, 0.5) is 0 Å². The molecule has 104 valence electrons. The number of hydrogen-bond acceptors (Lipinski definition) is 3. The fraction of sp³-hybridized carbons (Fsp3) is 0.562. The van der Waals surface area contributed by atoms with Crippen molar-refractivity contribution in [1.29, 1.82) is 5.26 Å². The van der Waals surface area contributed by atoms with E-state index < -0.39 is 0 Å². The van der Waals surface area contributed by atoms with Gasteiger partial charge in [-0.3, -0.25) is 0 Å². The Hall–Kier alpha value is -1.37. The summed E-state index contributed by atoms with van der Waals surface area (Å²) in [7, 11) is 1.74. The predicted octanol–water partition coefficient (Wildman–Crippen LogP) is 3.27.